The van der Waals surface area contributed by atoms with Crippen molar-refractivity contribution >= 4 is 6.08 Å². The van der Waals surface area contributed by atoms with E-state index in [1.54, 1.807) is 6.08 Å². The van der Waals surface area contributed by atoms with Crippen molar-refractivity contribution in [1.29, 1.82) is 0 Å². The van der Waals surface area contributed by atoms with Crippen LogP contribution < -0.4 is 5.32 Å². The lowest BCUT2D eigenvalue weighted by atomic mass is 10.1. The maximum Gasteiger partial charge on any atom is 0.219 e. The first-order valence-corrected chi connectivity index (χ1v) is 4.42. The van der Waals surface area contributed by atoms with Gasteiger partial charge >= 0.3 is 0 Å². The quantitative estimate of drug-likeness (QED) is 0.627. The third-order valence-electron chi connectivity index (χ3n) is 1.84. The number of hydrogen-bond donors (Lipinski definition) is 3. The monoisotopic (exact) mass is 193 g/mol. The third-order valence-corrected chi connectivity index (χ3v) is 1.84. The van der Waals surface area contributed by atoms with Gasteiger partial charge in [0.2, 0.25) is 5.91 Å². The Morgan fingerprint density at radius 3 is 2.36 bits per heavy atom. The largest absolute Gasteiger partial charge is 0.354 e. The highest BCUT2D eigenvalue weighted by Gasteiger charge is 2.12. The molecule has 0 fully saturated rings. The van der Waals surface area contributed by atoms with Crippen LogP contribution in [0.2, 0.25) is 0 Å². The Morgan fingerprint density at radius 2 is 1.93 bits per heavy atom. The standard InChI is InChI=1S/C11H15NO2/c1-3-9-4-6-10(7-5-9)8-12-11(2,13)14/h3-7,12-14H,1,8H2,2H3. The molecule has 0 aliphatic rings. The summed E-state index contributed by atoms with van der Waals surface area (Å²) in [5.74, 6) is -1.82. The summed E-state index contributed by atoms with van der Waals surface area (Å²) in [5.41, 5.74) is 2.04. The van der Waals surface area contributed by atoms with Gasteiger partial charge in [0.05, 0.1) is 0 Å². The van der Waals surface area contributed by atoms with Crippen LogP contribution in [0, 0.1) is 0 Å². The Balaban J connectivity index is 2.56. The summed E-state index contributed by atoms with van der Waals surface area (Å²) in [6.07, 6.45) is 1.76. The summed E-state index contributed by atoms with van der Waals surface area (Å²) < 4.78 is 0. The molecule has 3 N–H and O–H groups in total. The van der Waals surface area contributed by atoms with Crippen LogP contribution in [0.15, 0.2) is 30.8 Å². The molecule has 1 rings (SSSR count). The van der Waals surface area contributed by atoms with E-state index in [2.05, 4.69) is 11.9 Å². The van der Waals surface area contributed by atoms with Crippen molar-refractivity contribution in [3.8, 4) is 0 Å². The lowest BCUT2D eigenvalue weighted by Crippen LogP contribution is -2.41. The highest BCUT2D eigenvalue weighted by atomic mass is 16.5. The molecule has 3 heteroatoms. The van der Waals surface area contributed by atoms with Gasteiger partial charge in [-0.2, -0.15) is 0 Å². The lowest BCUT2D eigenvalue weighted by molar-refractivity contribution is -0.170. The van der Waals surface area contributed by atoms with Crippen molar-refractivity contribution in [2.75, 3.05) is 0 Å². The molecule has 0 heterocycles. The molecule has 0 atom stereocenters. The van der Waals surface area contributed by atoms with E-state index >= 15 is 0 Å². The minimum absolute atomic E-state index is 0.418. The molecule has 0 aliphatic carbocycles. The van der Waals surface area contributed by atoms with Crippen LogP contribution in [-0.2, 0) is 6.54 Å². The maximum absolute atomic E-state index is 9.01. The molecule has 0 spiro atoms. The molecule has 0 saturated carbocycles. The molecular weight excluding hydrogens is 178 g/mol. The average Bonchev–Trinajstić information content (AvgIpc) is 2.14. The molecule has 76 valence electrons. The van der Waals surface area contributed by atoms with Crippen LogP contribution in [-0.4, -0.2) is 16.1 Å². The fourth-order valence-corrected chi connectivity index (χ4v) is 1.04. The topological polar surface area (TPSA) is 52.5 Å². The molecule has 14 heavy (non-hydrogen) atoms. The minimum Gasteiger partial charge on any atom is -0.354 e. The average molecular weight is 193 g/mol. The molecule has 0 radical (unpaired) electrons. The molecular formula is C11H15NO2. The fourth-order valence-electron chi connectivity index (χ4n) is 1.04. The predicted octanol–water partition coefficient (Wildman–Crippen LogP) is 1.08. The van der Waals surface area contributed by atoms with Gasteiger partial charge in [0, 0.05) is 13.5 Å². The third kappa shape index (κ3) is 3.70. The summed E-state index contributed by atoms with van der Waals surface area (Å²) in [5, 5.41) is 20.6. The van der Waals surface area contributed by atoms with Gasteiger partial charge < -0.3 is 10.2 Å². The SMILES string of the molecule is C=Cc1ccc(CNC(C)(O)O)cc1. The highest BCUT2D eigenvalue weighted by molar-refractivity contribution is 5.47. The van der Waals surface area contributed by atoms with E-state index in [9.17, 15) is 0 Å². The summed E-state index contributed by atoms with van der Waals surface area (Å²) in [4.78, 5) is 0. The first-order valence-electron chi connectivity index (χ1n) is 4.42. The molecule has 1 aromatic carbocycles. The van der Waals surface area contributed by atoms with E-state index in [0.29, 0.717) is 6.54 Å². The molecule has 0 bridgehead atoms. The van der Waals surface area contributed by atoms with Crippen LogP contribution in [0.3, 0.4) is 0 Å². The molecule has 0 amide bonds. The second-order valence-corrected chi connectivity index (χ2v) is 3.32. The number of rotatable bonds is 4. The normalized spacial score (nSPS) is 11.4. The Labute approximate surface area is 83.7 Å². The van der Waals surface area contributed by atoms with Crippen LogP contribution in [0.25, 0.3) is 6.08 Å². The second kappa shape index (κ2) is 4.37. The van der Waals surface area contributed by atoms with Gasteiger partial charge in [-0.15, -0.1) is 0 Å². The molecule has 0 aliphatic heterocycles. The van der Waals surface area contributed by atoms with E-state index in [0.717, 1.165) is 11.1 Å². The Morgan fingerprint density at radius 1 is 1.36 bits per heavy atom. The number of aliphatic hydroxyl groups is 2. The smallest absolute Gasteiger partial charge is 0.219 e. The molecule has 1 aromatic rings. The van der Waals surface area contributed by atoms with Crippen molar-refractivity contribution in [2.24, 2.45) is 0 Å². The Kier molecular flexibility index (Phi) is 3.41. The van der Waals surface area contributed by atoms with Gasteiger partial charge in [-0.3, -0.25) is 5.32 Å². The van der Waals surface area contributed by atoms with Crippen molar-refractivity contribution in [1.82, 2.24) is 5.32 Å². The van der Waals surface area contributed by atoms with Crippen molar-refractivity contribution in [2.45, 2.75) is 19.4 Å². The summed E-state index contributed by atoms with van der Waals surface area (Å²) >= 11 is 0. The van der Waals surface area contributed by atoms with Gasteiger partial charge in [-0.05, 0) is 11.1 Å². The van der Waals surface area contributed by atoms with Crippen molar-refractivity contribution < 1.29 is 10.2 Å². The number of hydrogen-bond acceptors (Lipinski definition) is 3. The van der Waals surface area contributed by atoms with Crippen LogP contribution >= 0.6 is 0 Å². The zero-order valence-corrected chi connectivity index (χ0v) is 8.20. The van der Waals surface area contributed by atoms with Gasteiger partial charge in [-0.1, -0.05) is 36.9 Å². The van der Waals surface area contributed by atoms with E-state index in [-0.39, 0.29) is 0 Å². The predicted molar refractivity (Wildman–Crippen MR) is 56.2 cm³/mol. The van der Waals surface area contributed by atoms with Gasteiger partial charge in [0.15, 0.2) is 0 Å². The lowest BCUT2D eigenvalue weighted by Gasteiger charge is -2.17. The van der Waals surface area contributed by atoms with Gasteiger partial charge in [0.1, 0.15) is 0 Å². The zero-order chi connectivity index (χ0) is 10.6. The Bertz CT molecular complexity index is 298. The Hall–Kier alpha value is -1.16. The van der Waals surface area contributed by atoms with E-state index in [1.807, 2.05) is 24.3 Å². The first-order chi connectivity index (χ1) is 6.51. The van der Waals surface area contributed by atoms with Gasteiger partial charge in [0.25, 0.3) is 0 Å². The molecule has 0 saturated heterocycles. The van der Waals surface area contributed by atoms with E-state index in [1.165, 1.54) is 6.92 Å². The fraction of sp³-hybridized carbons (Fsp3) is 0.273. The van der Waals surface area contributed by atoms with Crippen molar-refractivity contribution in [3.63, 3.8) is 0 Å². The van der Waals surface area contributed by atoms with Crippen LogP contribution in [0.5, 0.6) is 0 Å². The van der Waals surface area contributed by atoms with E-state index in [4.69, 9.17) is 10.2 Å². The molecule has 0 unspecified atom stereocenters. The zero-order valence-electron chi connectivity index (χ0n) is 8.20. The first kappa shape index (κ1) is 10.9. The van der Waals surface area contributed by atoms with Crippen LogP contribution in [0.4, 0.5) is 0 Å². The highest BCUT2D eigenvalue weighted by Crippen LogP contribution is 2.06. The summed E-state index contributed by atoms with van der Waals surface area (Å²) in [7, 11) is 0. The maximum atomic E-state index is 9.01. The van der Waals surface area contributed by atoms with Crippen molar-refractivity contribution in [3.05, 3.63) is 42.0 Å². The molecule has 3 nitrogen and oxygen atoms in total. The number of benzene rings is 1. The summed E-state index contributed by atoms with van der Waals surface area (Å²) in [6.45, 7) is 5.35. The van der Waals surface area contributed by atoms with Crippen LogP contribution in [0.1, 0.15) is 18.1 Å². The minimum atomic E-state index is -1.82. The van der Waals surface area contributed by atoms with Gasteiger partial charge in [-0.25, -0.2) is 0 Å². The molecule has 0 aromatic heterocycles. The second-order valence-electron chi connectivity index (χ2n) is 3.32. The summed E-state index contributed by atoms with van der Waals surface area (Å²) in [6, 6.07) is 7.68. The van der Waals surface area contributed by atoms with E-state index < -0.39 is 5.91 Å². The number of nitrogens with one attached hydrogen (secondary N) is 1.